The van der Waals surface area contributed by atoms with E-state index in [0.29, 0.717) is 6.04 Å². The fourth-order valence-corrected chi connectivity index (χ4v) is 1.85. The zero-order valence-corrected chi connectivity index (χ0v) is 6.95. The van der Waals surface area contributed by atoms with Crippen LogP contribution in [0.25, 0.3) is 0 Å². The van der Waals surface area contributed by atoms with E-state index in [4.69, 9.17) is 0 Å². The van der Waals surface area contributed by atoms with Crippen molar-refractivity contribution in [3.63, 3.8) is 0 Å². The van der Waals surface area contributed by atoms with Crippen LogP contribution in [0.1, 0.15) is 6.42 Å². The first-order valence-corrected chi connectivity index (χ1v) is 4.32. The SMILES string of the molecule is C=CCC1CSC(=NC)N1. The van der Waals surface area contributed by atoms with Gasteiger partial charge in [-0.2, -0.15) is 0 Å². The number of hydrogen-bond acceptors (Lipinski definition) is 2. The van der Waals surface area contributed by atoms with Gasteiger partial charge in [-0.15, -0.1) is 6.58 Å². The average Bonchev–Trinajstić information content (AvgIpc) is 2.37. The van der Waals surface area contributed by atoms with Gasteiger partial charge in [0.2, 0.25) is 0 Å². The van der Waals surface area contributed by atoms with Gasteiger partial charge in [-0.3, -0.25) is 4.99 Å². The van der Waals surface area contributed by atoms with Crippen molar-refractivity contribution in [2.45, 2.75) is 12.5 Å². The molecule has 2 nitrogen and oxygen atoms in total. The van der Waals surface area contributed by atoms with Crippen LogP contribution in [0, 0.1) is 0 Å². The molecule has 56 valence electrons. The first-order chi connectivity index (χ1) is 4.86. The van der Waals surface area contributed by atoms with Gasteiger partial charge in [-0.05, 0) is 6.42 Å². The summed E-state index contributed by atoms with van der Waals surface area (Å²) in [6, 6.07) is 0.557. The summed E-state index contributed by atoms with van der Waals surface area (Å²) in [5.74, 6) is 1.12. The molecule has 1 unspecified atom stereocenters. The molecule has 3 heteroatoms. The van der Waals surface area contributed by atoms with Crippen molar-refractivity contribution in [1.29, 1.82) is 0 Å². The Kier molecular flexibility index (Phi) is 2.81. The van der Waals surface area contributed by atoms with Crippen molar-refractivity contribution in [3.8, 4) is 0 Å². The molecular formula is C7H12N2S. The van der Waals surface area contributed by atoms with Crippen LogP contribution >= 0.6 is 11.8 Å². The van der Waals surface area contributed by atoms with Crippen LogP contribution in [0.5, 0.6) is 0 Å². The molecule has 0 saturated carbocycles. The van der Waals surface area contributed by atoms with E-state index in [2.05, 4.69) is 16.9 Å². The van der Waals surface area contributed by atoms with Crippen LogP contribution in [0.15, 0.2) is 17.6 Å². The Bertz CT molecular complexity index is 154. The second-order valence-corrected chi connectivity index (χ2v) is 3.21. The lowest BCUT2D eigenvalue weighted by molar-refractivity contribution is 0.704. The van der Waals surface area contributed by atoms with Gasteiger partial charge < -0.3 is 5.32 Å². The Morgan fingerprint density at radius 2 is 2.80 bits per heavy atom. The third kappa shape index (κ3) is 1.77. The maximum absolute atomic E-state index is 4.05. The third-order valence-corrected chi connectivity index (χ3v) is 2.55. The standard InChI is InChI=1S/C7H12N2S/c1-3-4-6-5-10-7(8-2)9-6/h3,6H,1,4-5H2,2H3,(H,8,9). The molecule has 1 atom stereocenters. The summed E-state index contributed by atoms with van der Waals surface area (Å²) in [6.45, 7) is 3.69. The number of aliphatic imine (C=N–C) groups is 1. The fourth-order valence-electron chi connectivity index (χ4n) is 0.895. The van der Waals surface area contributed by atoms with Crippen molar-refractivity contribution >= 4 is 16.9 Å². The van der Waals surface area contributed by atoms with E-state index in [-0.39, 0.29) is 0 Å². The number of nitrogens with zero attached hydrogens (tertiary/aromatic N) is 1. The zero-order valence-electron chi connectivity index (χ0n) is 6.13. The predicted molar refractivity (Wildman–Crippen MR) is 47.6 cm³/mol. The monoisotopic (exact) mass is 156 g/mol. The molecule has 0 radical (unpaired) electrons. The highest BCUT2D eigenvalue weighted by Crippen LogP contribution is 2.15. The predicted octanol–water partition coefficient (Wildman–Crippen LogP) is 1.25. The summed E-state index contributed by atoms with van der Waals surface area (Å²) in [7, 11) is 1.81. The summed E-state index contributed by atoms with van der Waals surface area (Å²) in [6.07, 6.45) is 2.98. The molecule has 1 aliphatic rings. The van der Waals surface area contributed by atoms with Crippen molar-refractivity contribution in [2.24, 2.45) is 4.99 Å². The van der Waals surface area contributed by atoms with Crippen LogP contribution in [-0.2, 0) is 0 Å². The number of thioether (sulfide) groups is 1. The molecule has 0 aromatic rings. The van der Waals surface area contributed by atoms with Crippen LogP contribution in [0.3, 0.4) is 0 Å². The first kappa shape index (κ1) is 7.66. The number of amidine groups is 1. The molecule has 0 amide bonds. The zero-order chi connectivity index (χ0) is 7.40. The summed E-state index contributed by atoms with van der Waals surface area (Å²) in [5.41, 5.74) is 0. The van der Waals surface area contributed by atoms with Crippen molar-refractivity contribution < 1.29 is 0 Å². The van der Waals surface area contributed by atoms with Gasteiger partial charge in [0.15, 0.2) is 5.17 Å². The minimum Gasteiger partial charge on any atom is -0.361 e. The van der Waals surface area contributed by atoms with Crippen LogP contribution in [0.4, 0.5) is 0 Å². The molecule has 1 saturated heterocycles. The molecule has 1 aliphatic heterocycles. The van der Waals surface area contributed by atoms with E-state index in [1.807, 2.05) is 13.1 Å². The topological polar surface area (TPSA) is 24.4 Å². The lowest BCUT2D eigenvalue weighted by Crippen LogP contribution is -2.25. The Morgan fingerprint density at radius 1 is 2.00 bits per heavy atom. The van der Waals surface area contributed by atoms with E-state index < -0.39 is 0 Å². The average molecular weight is 156 g/mol. The molecule has 0 aliphatic carbocycles. The fraction of sp³-hybridized carbons (Fsp3) is 0.571. The molecule has 1 rings (SSSR count). The van der Waals surface area contributed by atoms with Crippen molar-refractivity contribution in [3.05, 3.63) is 12.7 Å². The quantitative estimate of drug-likeness (QED) is 0.609. The van der Waals surface area contributed by atoms with E-state index >= 15 is 0 Å². The molecule has 0 spiro atoms. The van der Waals surface area contributed by atoms with Gasteiger partial charge in [0.1, 0.15) is 0 Å². The molecule has 10 heavy (non-hydrogen) atoms. The summed E-state index contributed by atoms with van der Waals surface area (Å²) >= 11 is 1.78. The Labute approximate surface area is 65.8 Å². The molecule has 1 heterocycles. The Balaban J connectivity index is 2.35. The van der Waals surface area contributed by atoms with Gasteiger partial charge in [-0.25, -0.2) is 0 Å². The highest BCUT2D eigenvalue weighted by atomic mass is 32.2. The van der Waals surface area contributed by atoms with E-state index in [1.54, 1.807) is 11.8 Å². The smallest absolute Gasteiger partial charge is 0.156 e. The Hall–Kier alpha value is -0.440. The summed E-state index contributed by atoms with van der Waals surface area (Å²) in [5, 5.41) is 4.35. The van der Waals surface area contributed by atoms with Crippen LogP contribution in [0.2, 0.25) is 0 Å². The third-order valence-electron chi connectivity index (χ3n) is 1.40. The lowest BCUT2D eigenvalue weighted by atomic mass is 10.2. The normalized spacial score (nSPS) is 28.5. The minimum atomic E-state index is 0.557. The molecular weight excluding hydrogens is 144 g/mol. The van der Waals surface area contributed by atoms with Gasteiger partial charge in [-0.1, -0.05) is 17.8 Å². The highest BCUT2D eigenvalue weighted by molar-refractivity contribution is 8.14. The van der Waals surface area contributed by atoms with Gasteiger partial charge in [0.25, 0.3) is 0 Å². The van der Waals surface area contributed by atoms with E-state index in [0.717, 1.165) is 17.3 Å². The lowest BCUT2D eigenvalue weighted by Gasteiger charge is -2.04. The van der Waals surface area contributed by atoms with Crippen LogP contribution < -0.4 is 5.32 Å². The molecule has 0 aromatic carbocycles. The number of hydrogen-bond donors (Lipinski definition) is 1. The highest BCUT2D eigenvalue weighted by Gasteiger charge is 2.17. The molecule has 0 bridgehead atoms. The van der Waals surface area contributed by atoms with Crippen molar-refractivity contribution in [1.82, 2.24) is 5.32 Å². The second kappa shape index (κ2) is 3.66. The molecule has 1 N–H and O–H groups in total. The summed E-state index contributed by atoms with van der Waals surface area (Å²) < 4.78 is 0. The second-order valence-electron chi connectivity index (χ2n) is 2.21. The van der Waals surface area contributed by atoms with Gasteiger partial charge >= 0.3 is 0 Å². The molecule has 0 aromatic heterocycles. The Morgan fingerprint density at radius 3 is 3.30 bits per heavy atom. The minimum absolute atomic E-state index is 0.557. The summed E-state index contributed by atoms with van der Waals surface area (Å²) in [4.78, 5) is 4.05. The maximum atomic E-state index is 4.05. The largest absolute Gasteiger partial charge is 0.361 e. The molecule has 1 fully saturated rings. The van der Waals surface area contributed by atoms with Crippen molar-refractivity contribution in [2.75, 3.05) is 12.8 Å². The van der Waals surface area contributed by atoms with E-state index in [9.17, 15) is 0 Å². The first-order valence-electron chi connectivity index (χ1n) is 3.34. The number of nitrogens with one attached hydrogen (secondary N) is 1. The van der Waals surface area contributed by atoms with Gasteiger partial charge in [0.05, 0.1) is 0 Å². The van der Waals surface area contributed by atoms with Gasteiger partial charge in [0, 0.05) is 18.8 Å². The van der Waals surface area contributed by atoms with Crippen LogP contribution in [-0.4, -0.2) is 24.0 Å². The maximum Gasteiger partial charge on any atom is 0.156 e. The van der Waals surface area contributed by atoms with E-state index in [1.165, 1.54) is 0 Å². The number of rotatable bonds is 2.